The van der Waals surface area contributed by atoms with E-state index >= 15 is 0 Å². The second-order valence-electron chi connectivity index (χ2n) is 11.6. The van der Waals surface area contributed by atoms with Crippen molar-refractivity contribution < 1.29 is 4.74 Å². The van der Waals surface area contributed by atoms with E-state index in [2.05, 4.69) is 106 Å². The van der Waals surface area contributed by atoms with Crippen LogP contribution in [-0.4, -0.2) is 9.13 Å². The standard InChI is InChI=1S/C40H24N4O/c41-21-25-9-15-39-35(17-25)31-5-1-3-7-37(31)43(39)29-13-11-27-23-45-24-28-12-14-30(20-34(28)33(27)19-29)44-38-8-4-2-6-32(38)36-18-26(22-42)10-16-40(36)44/h1-20H,23-24H2. The van der Waals surface area contributed by atoms with Gasteiger partial charge in [0.1, 0.15) is 0 Å². The number of fused-ring (bicyclic) bond motifs is 9. The van der Waals surface area contributed by atoms with E-state index in [-0.39, 0.29) is 0 Å². The summed E-state index contributed by atoms with van der Waals surface area (Å²) < 4.78 is 10.8. The maximum atomic E-state index is 9.59. The summed E-state index contributed by atoms with van der Waals surface area (Å²) in [4.78, 5) is 0. The molecule has 210 valence electrons. The van der Waals surface area contributed by atoms with Crippen molar-refractivity contribution in [2.45, 2.75) is 13.2 Å². The Labute approximate surface area is 259 Å². The molecule has 45 heavy (non-hydrogen) atoms. The van der Waals surface area contributed by atoms with Crippen LogP contribution in [0.25, 0.3) is 66.1 Å². The van der Waals surface area contributed by atoms with Gasteiger partial charge < -0.3 is 13.9 Å². The van der Waals surface area contributed by atoms with Gasteiger partial charge in [-0.3, -0.25) is 0 Å². The van der Waals surface area contributed by atoms with Gasteiger partial charge in [-0.25, -0.2) is 0 Å². The van der Waals surface area contributed by atoms with Crippen molar-refractivity contribution in [1.29, 1.82) is 10.5 Å². The van der Waals surface area contributed by atoms with E-state index in [1.807, 2.05) is 36.4 Å². The Balaban J connectivity index is 1.28. The van der Waals surface area contributed by atoms with Crippen LogP contribution in [0.15, 0.2) is 121 Å². The van der Waals surface area contributed by atoms with Crippen LogP contribution in [0.4, 0.5) is 0 Å². The van der Waals surface area contributed by atoms with Crippen molar-refractivity contribution >= 4 is 43.6 Å². The lowest BCUT2D eigenvalue weighted by Gasteiger charge is -2.16. The quantitative estimate of drug-likeness (QED) is 0.206. The van der Waals surface area contributed by atoms with Crippen molar-refractivity contribution in [2.75, 3.05) is 0 Å². The van der Waals surface area contributed by atoms with Crippen molar-refractivity contribution in [3.05, 3.63) is 144 Å². The first-order valence-electron chi connectivity index (χ1n) is 14.9. The summed E-state index contributed by atoms with van der Waals surface area (Å²) >= 11 is 0. The van der Waals surface area contributed by atoms with E-state index in [4.69, 9.17) is 4.74 Å². The fourth-order valence-corrected chi connectivity index (χ4v) is 7.07. The molecule has 0 saturated carbocycles. The first-order valence-corrected chi connectivity index (χ1v) is 14.9. The average molecular weight is 577 g/mol. The summed E-state index contributed by atoms with van der Waals surface area (Å²) in [5.41, 5.74) is 12.3. The van der Waals surface area contributed by atoms with Gasteiger partial charge in [0.05, 0.1) is 58.5 Å². The van der Waals surface area contributed by atoms with Gasteiger partial charge in [0.25, 0.3) is 0 Å². The van der Waals surface area contributed by atoms with E-state index < -0.39 is 0 Å². The average Bonchev–Trinajstić information content (AvgIpc) is 3.53. The van der Waals surface area contributed by atoms with Gasteiger partial charge in [0, 0.05) is 32.9 Å². The Morgan fingerprint density at radius 1 is 0.467 bits per heavy atom. The highest BCUT2D eigenvalue weighted by Crippen LogP contribution is 2.39. The Morgan fingerprint density at radius 2 is 0.911 bits per heavy atom. The van der Waals surface area contributed by atoms with Gasteiger partial charge in [-0.1, -0.05) is 48.5 Å². The molecule has 0 unspecified atom stereocenters. The summed E-state index contributed by atoms with van der Waals surface area (Å²) in [6.07, 6.45) is 0. The van der Waals surface area contributed by atoms with Crippen LogP contribution >= 0.6 is 0 Å². The summed E-state index contributed by atoms with van der Waals surface area (Å²) in [6.45, 7) is 1.06. The highest BCUT2D eigenvalue weighted by atomic mass is 16.5. The summed E-state index contributed by atoms with van der Waals surface area (Å²) in [5, 5.41) is 23.6. The molecular weight excluding hydrogens is 552 g/mol. The van der Waals surface area contributed by atoms with Gasteiger partial charge in [-0.05, 0) is 95.1 Å². The molecule has 0 spiro atoms. The Bertz CT molecular complexity index is 2430. The van der Waals surface area contributed by atoms with Crippen LogP contribution in [0.3, 0.4) is 0 Å². The minimum Gasteiger partial charge on any atom is -0.372 e. The monoisotopic (exact) mass is 576 g/mol. The lowest BCUT2D eigenvalue weighted by atomic mass is 9.95. The number of rotatable bonds is 2. The molecule has 8 aromatic rings. The van der Waals surface area contributed by atoms with Crippen LogP contribution in [0, 0.1) is 22.7 Å². The van der Waals surface area contributed by atoms with Gasteiger partial charge in [0.15, 0.2) is 0 Å². The van der Waals surface area contributed by atoms with E-state index in [9.17, 15) is 10.5 Å². The second kappa shape index (κ2) is 9.69. The molecule has 1 aliphatic rings. The maximum absolute atomic E-state index is 9.59. The summed E-state index contributed by atoms with van der Waals surface area (Å²) in [6, 6.07) is 46.5. The SMILES string of the molecule is N#Cc1ccc2c(c1)c1ccccc1n2-c1ccc2c(c1)-c1cc(-n3c4ccccc4c4cc(C#N)ccc43)ccc1COC2. The number of hydrogen-bond donors (Lipinski definition) is 0. The molecule has 0 saturated heterocycles. The third-order valence-corrected chi connectivity index (χ3v) is 9.11. The molecule has 0 aliphatic carbocycles. The van der Waals surface area contributed by atoms with Crippen molar-refractivity contribution in [1.82, 2.24) is 9.13 Å². The largest absolute Gasteiger partial charge is 0.372 e. The normalized spacial score (nSPS) is 12.6. The zero-order chi connectivity index (χ0) is 30.1. The molecule has 2 aromatic heterocycles. The lowest BCUT2D eigenvalue weighted by molar-refractivity contribution is 0.110. The number of para-hydroxylation sites is 2. The minimum absolute atomic E-state index is 0.532. The smallest absolute Gasteiger partial charge is 0.0991 e. The Hall–Kier alpha value is -6.14. The fourth-order valence-electron chi connectivity index (χ4n) is 7.07. The van der Waals surface area contributed by atoms with Crippen LogP contribution < -0.4 is 0 Å². The zero-order valence-corrected chi connectivity index (χ0v) is 24.2. The molecule has 3 heterocycles. The van der Waals surface area contributed by atoms with Crippen LogP contribution in [0.5, 0.6) is 0 Å². The van der Waals surface area contributed by atoms with E-state index in [0.717, 1.165) is 77.2 Å². The molecule has 1 aliphatic heterocycles. The molecule has 5 heteroatoms. The first kappa shape index (κ1) is 25.4. The van der Waals surface area contributed by atoms with E-state index in [0.29, 0.717) is 24.3 Å². The van der Waals surface area contributed by atoms with Gasteiger partial charge in [-0.2, -0.15) is 10.5 Å². The molecular formula is C40H24N4O. The van der Waals surface area contributed by atoms with Gasteiger partial charge >= 0.3 is 0 Å². The topological polar surface area (TPSA) is 66.7 Å². The molecule has 0 N–H and O–H groups in total. The number of ether oxygens (including phenoxy) is 1. The molecule has 6 aromatic carbocycles. The van der Waals surface area contributed by atoms with Gasteiger partial charge in [-0.15, -0.1) is 0 Å². The molecule has 0 atom stereocenters. The van der Waals surface area contributed by atoms with Crippen molar-refractivity contribution in [3.8, 4) is 34.6 Å². The second-order valence-corrected chi connectivity index (χ2v) is 11.6. The molecule has 0 amide bonds. The van der Waals surface area contributed by atoms with Gasteiger partial charge in [0.2, 0.25) is 0 Å². The van der Waals surface area contributed by atoms with E-state index in [1.165, 1.54) is 0 Å². The molecule has 9 rings (SSSR count). The number of hydrogen-bond acceptors (Lipinski definition) is 3. The van der Waals surface area contributed by atoms with E-state index in [1.54, 1.807) is 0 Å². The van der Waals surface area contributed by atoms with Crippen molar-refractivity contribution in [2.24, 2.45) is 0 Å². The maximum Gasteiger partial charge on any atom is 0.0991 e. The highest BCUT2D eigenvalue weighted by Gasteiger charge is 2.20. The number of nitriles is 2. The number of aromatic nitrogens is 2. The molecule has 0 fully saturated rings. The Morgan fingerprint density at radius 3 is 1.38 bits per heavy atom. The fraction of sp³-hybridized carbons (Fsp3) is 0.0500. The summed E-state index contributed by atoms with van der Waals surface area (Å²) in [5.74, 6) is 0. The summed E-state index contributed by atoms with van der Waals surface area (Å²) in [7, 11) is 0. The zero-order valence-electron chi connectivity index (χ0n) is 24.2. The predicted octanol–water partition coefficient (Wildman–Crippen LogP) is 9.32. The third kappa shape index (κ3) is 3.76. The van der Waals surface area contributed by atoms with Crippen LogP contribution in [0.2, 0.25) is 0 Å². The predicted molar refractivity (Wildman–Crippen MR) is 178 cm³/mol. The number of nitrogens with zero attached hydrogens (tertiary/aromatic N) is 4. The Kier molecular flexibility index (Phi) is 5.46. The molecule has 5 nitrogen and oxygen atoms in total. The molecule has 0 bridgehead atoms. The lowest BCUT2D eigenvalue weighted by Crippen LogP contribution is -1.99. The highest BCUT2D eigenvalue weighted by molar-refractivity contribution is 6.10. The van der Waals surface area contributed by atoms with Crippen LogP contribution in [-0.2, 0) is 18.0 Å². The minimum atomic E-state index is 0.532. The third-order valence-electron chi connectivity index (χ3n) is 9.11. The van der Waals surface area contributed by atoms with Crippen molar-refractivity contribution in [3.63, 3.8) is 0 Å². The first-order chi connectivity index (χ1) is 22.2. The van der Waals surface area contributed by atoms with Crippen LogP contribution in [0.1, 0.15) is 22.3 Å². The number of benzene rings is 6. The molecule has 0 radical (unpaired) electrons.